The van der Waals surface area contributed by atoms with Crippen LogP contribution in [0.25, 0.3) is 5.70 Å². The zero-order chi connectivity index (χ0) is 21.3. The van der Waals surface area contributed by atoms with E-state index in [-0.39, 0.29) is 12.2 Å². The maximum Gasteiger partial charge on any atom is 0.325 e. The van der Waals surface area contributed by atoms with Gasteiger partial charge in [0, 0.05) is 25.3 Å². The highest BCUT2D eigenvalue weighted by Crippen LogP contribution is 2.34. The lowest BCUT2D eigenvalue weighted by Gasteiger charge is -2.38. The molecule has 0 aromatic heterocycles. The van der Waals surface area contributed by atoms with Crippen LogP contribution in [-0.2, 0) is 0 Å². The van der Waals surface area contributed by atoms with E-state index in [1.54, 1.807) is 38.1 Å². The summed E-state index contributed by atoms with van der Waals surface area (Å²) in [5.74, 6) is 1.28. The van der Waals surface area contributed by atoms with E-state index in [9.17, 15) is 4.79 Å². The van der Waals surface area contributed by atoms with E-state index in [1.165, 1.54) is 5.56 Å². The van der Waals surface area contributed by atoms with Crippen LogP contribution >= 0.6 is 0 Å². The predicted octanol–water partition coefficient (Wildman–Crippen LogP) is 4.41. The topological polar surface area (TPSA) is 54.0 Å². The van der Waals surface area contributed by atoms with E-state index in [0.717, 1.165) is 28.1 Å². The zero-order valence-corrected chi connectivity index (χ0v) is 18.2. The standard InChI is InChI=1S/C23H29N3O3/c1-14-10-15(2)22(16(3)11-14)24-21-13-18(25(4)23(27)26(21)5)17-8-9-19(28-6)20(12-17)29-7/h8-13,21,24H,1-7H3. The lowest BCUT2D eigenvalue weighted by atomic mass is 10.0. The molecule has 0 bridgehead atoms. The third-order valence-corrected chi connectivity index (χ3v) is 5.33. The van der Waals surface area contributed by atoms with Gasteiger partial charge in [0.05, 0.1) is 19.9 Å². The number of likely N-dealkylation sites (N-methyl/N-ethyl adjacent to an activating group) is 1. The Morgan fingerprint density at radius 2 is 1.55 bits per heavy atom. The smallest absolute Gasteiger partial charge is 0.325 e. The van der Waals surface area contributed by atoms with Crippen molar-refractivity contribution in [3.05, 3.63) is 58.7 Å². The Morgan fingerprint density at radius 3 is 2.14 bits per heavy atom. The number of hydrogen-bond donors (Lipinski definition) is 1. The van der Waals surface area contributed by atoms with Crippen molar-refractivity contribution >= 4 is 17.4 Å². The first-order valence-corrected chi connectivity index (χ1v) is 9.56. The van der Waals surface area contributed by atoms with Crippen molar-refractivity contribution in [3.63, 3.8) is 0 Å². The van der Waals surface area contributed by atoms with Gasteiger partial charge in [0.2, 0.25) is 0 Å². The van der Waals surface area contributed by atoms with Crippen molar-refractivity contribution in [3.8, 4) is 11.5 Å². The summed E-state index contributed by atoms with van der Waals surface area (Å²) in [4.78, 5) is 16.3. The number of ether oxygens (including phenoxy) is 2. The molecule has 1 unspecified atom stereocenters. The average Bonchev–Trinajstić information content (AvgIpc) is 2.69. The van der Waals surface area contributed by atoms with E-state index >= 15 is 0 Å². The normalized spacial score (nSPS) is 16.6. The van der Waals surface area contributed by atoms with Gasteiger partial charge in [0.15, 0.2) is 11.5 Å². The van der Waals surface area contributed by atoms with Crippen molar-refractivity contribution in [2.24, 2.45) is 0 Å². The number of aryl methyl sites for hydroxylation is 3. The summed E-state index contributed by atoms with van der Waals surface area (Å²) in [6.07, 6.45) is 1.78. The van der Waals surface area contributed by atoms with Crippen molar-refractivity contribution in [2.75, 3.05) is 33.6 Å². The average molecular weight is 396 g/mol. The third-order valence-electron chi connectivity index (χ3n) is 5.33. The molecule has 3 rings (SSSR count). The molecule has 0 saturated heterocycles. The molecule has 2 amide bonds. The Bertz CT molecular complexity index is 945. The van der Waals surface area contributed by atoms with Gasteiger partial charge < -0.3 is 19.7 Å². The van der Waals surface area contributed by atoms with E-state index in [0.29, 0.717) is 11.5 Å². The van der Waals surface area contributed by atoms with Gasteiger partial charge in [-0.15, -0.1) is 0 Å². The van der Waals surface area contributed by atoms with Gasteiger partial charge in [-0.05, 0) is 56.2 Å². The molecular weight excluding hydrogens is 366 g/mol. The lowest BCUT2D eigenvalue weighted by Crippen LogP contribution is -2.50. The largest absolute Gasteiger partial charge is 0.493 e. The highest BCUT2D eigenvalue weighted by Gasteiger charge is 2.30. The van der Waals surface area contributed by atoms with Crippen LogP contribution in [0.1, 0.15) is 22.3 Å². The summed E-state index contributed by atoms with van der Waals surface area (Å²) >= 11 is 0. The van der Waals surface area contributed by atoms with Gasteiger partial charge in [-0.2, -0.15) is 0 Å². The Kier molecular flexibility index (Phi) is 5.73. The van der Waals surface area contributed by atoms with Gasteiger partial charge in [-0.1, -0.05) is 17.7 Å². The maximum atomic E-state index is 12.9. The minimum Gasteiger partial charge on any atom is -0.493 e. The van der Waals surface area contributed by atoms with Crippen LogP contribution < -0.4 is 14.8 Å². The van der Waals surface area contributed by atoms with E-state index < -0.39 is 0 Å². The molecule has 6 heteroatoms. The summed E-state index contributed by atoms with van der Waals surface area (Å²) in [5.41, 5.74) is 6.28. The van der Waals surface area contributed by atoms with Crippen LogP contribution in [0, 0.1) is 20.8 Å². The van der Waals surface area contributed by atoms with Crippen LogP contribution in [0.4, 0.5) is 10.5 Å². The molecule has 0 spiro atoms. The van der Waals surface area contributed by atoms with Gasteiger partial charge in [0.25, 0.3) is 0 Å². The molecule has 1 N–H and O–H groups in total. The van der Waals surface area contributed by atoms with Crippen molar-refractivity contribution < 1.29 is 14.3 Å². The SMILES string of the molecule is COc1ccc(C2=CC(Nc3c(C)cc(C)cc3C)N(C)C(=O)N2C)cc1OC. The van der Waals surface area contributed by atoms with Crippen molar-refractivity contribution in [1.29, 1.82) is 0 Å². The zero-order valence-electron chi connectivity index (χ0n) is 18.2. The summed E-state index contributed by atoms with van der Waals surface area (Å²) < 4.78 is 10.8. The second-order valence-corrected chi connectivity index (χ2v) is 7.44. The molecule has 1 aliphatic rings. The third kappa shape index (κ3) is 3.88. The fraction of sp³-hybridized carbons (Fsp3) is 0.348. The molecular formula is C23H29N3O3. The maximum absolute atomic E-state index is 12.9. The minimum atomic E-state index is -0.276. The van der Waals surface area contributed by atoms with Crippen LogP contribution in [0.15, 0.2) is 36.4 Å². The molecule has 0 radical (unpaired) electrons. The highest BCUT2D eigenvalue weighted by molar-refractivity contribution is 5.89. The fourth-order valence-electron chi connectivity index (χ4n) is 3.81. The Morgan fingerprint density at radius 1 is 0.931 bits per heavy atom. The van der Waals surface area contributed by atoms with Crippen LogP contribution in [0.3, 0.4) is 0 Å². The monoisotopic (exact) mass is 395 g/mol. The van der Waals surface area contributed by atoms with Gasteiger partial charge >= 0.3 is 6.03 Å². The first kappa shape index (κ1) is 20.6. The Hall–Kier alpha value is -3.15. The molecule has 6 nitrogen and oxygen atoms in total. The van der Waals surface area contributed by atoms with Crippen molar-refractivity contribution in [2.45, 2.75) is 26.9 Å². The van der Waals surface area contributed by atoms with E-state index in [2.05, 4.69) is 44.3 Å². The number of benzene rings is 2. The molecule has 2 aromatic carbocycles. The second kappa shape index (κ2) is 8.07. The van der Waals surface area contributed by atoms with Crippen LogP contribution in [0.5, 0.6) is 11.5 Å². The number of hydrogen-bond acceptors (Lipinski definition) is 4. The second-order valence-electron chi connectivity index (χ2n) is 7.44. The first-order chi connectivity index (χ1) is 13.8. The number of methoxy groups -OCH3 is 2. The lowest BCUT2D eigenvalue weighted by molar-refractivity contribution is 0.178. The number of carbonyl (C=O) groups excluding carboxylic acids is 1. The van der Waals surface area contributed by atoms with E-state index in [4.69, 9.17) is 9.47 Å². The molecule has 154 valence electrons. The fourth-order valence-corrected chi connectivity index (χ4v) is 3.81. The quantitative estimate of drug-likeness (QED) is 0.815. The molecule has 1 heterocycles. The van der Waals surface area contributed by atoms with Gasteiger partial charge in [-0.25, -0.2) is 4.79 Å². The van der Waals surface area contributed by atoms with Crippen LogP contribution in [0.2, 0.25) is 0 Å². The number of urea groups is 1. The molecule has 2 aromatic rings. The van der Waals surface area contributed by atoms with Gasteiger partial charge in [0.1, 0.15) is 6.17 Å². The first-order valence-electron chi connectivity index (χ1n) is 9.56. The summed E-state index contributed by atoms with van der Waals surface area (Å²) in [7, 11) is 6.79. The molecule has 1 aliphatic heterocycles. The molecule has 1 atom stereocenters. The number of nitrogens with one attached hydrogen (secondary N) is 1. The molecule has 0 aliphatic carbocycles. The van der Waals surface area contributed by atoms with Gasteiger partial charge in [-0.3, -0.25) is 4.90 Å². The van der Waals surface area contributed by atoms with Crippen molar-refractivity contribution in [1.82, 2.24) is 9.80 Å². The molecule has 0 fully saturated rings. The number of amides is 2. The molecule has 0 saturated carbocycles. The minimum absolute atomic E-state index is 0.0859. The highest BCUT2D eigenvalue weighted by atomic mass is 16.5. The summed E-state index contributed by atoms with van der Waals surface area (Å²) in [6.45, 7) is 6.25. The number of nitrogens with zero attached hydrogens (tertiary/aromatic N) is 2. The predicted molar refractivity (Wildman–Crippen MR) is 117 cm³/mol. The Balaban J connectivity index is 2.03. The van der Waals surface area contributed by atoms with E-state index in [1.807, 2.05) is 18.2 Å². The van der Waals surface area contributed by atoms with Crippen LogP contribution in [-0.4, -0.2) is 50.3 Å². The summed E-state index contributed by atoms with van der Waals surface area (Å²) in [6, 6.07) is 9.87. The number of anilines is 1. The Labute approximate surface area is 172 Å². The number of rotatable bonds is 5. The number of carbonyl (C=O) groups is 1. The molecule has 29 heavy (non-hydrogen) atoms. The summed E-state index contributed by atoms with van der Waals surface area (Å²) in [5, 5.41) is 3.54.